The molecular weight excluding hydrogens is 170 g/mol. The number of rotatable bonds is 1. The molecule has 4 heteroatoms. The molecule has 1 aliphatic rings. The molecule has 0 bridgehead atoms. The van der Waals surface area contributed by atoms with Crippen LogP contribution in [0.1, 0.15) is 0 Å². The van der Waals surface area contributed by atoms with E-state index >= 15 is 0 Å². The second kappa shape index (κ2) is 3.25. The van der Waals surface area contributed by atoms with Gasteiger partial charge in [0, 0.05) is 12.1 Å². The minimum atomic E-state index is 0.116. The second-order valence-electron chi connectivity index (χ2n) is 2.58. The highest BCUT2D eigenvalue weighted by atomic mass is 32.2. The van der Waals surface area contributed by atoms with Gasteiger partial charge in [-0.1, -0.05) is 18.2 Å². The molecule has 1 atom stereocenters. The second-order valence-corrected chi connectivity index (χ2v) is 3.74. The third-order valence-electron chi connectivity index (χ3n) is 1.60. The van der Waals surface area contributed by atoms with E-state index in [0.29, 0.717) is 6.54 Å². The Labute approximate surface area is 75.4 Å². The van der Waals surface area contributed by atoms with Gasteiger partial charge >= 0.3 is 0 Å². The number of para-hydroxylation sites is 1. The Morgan fingerprint density at radius 1 is 1.42 bits per heavy atom. The van der Waals surface area contributed by atoms with Gasteiger partial charge in [0.05, 0.1) is 0 Å². The molecule has 0 radical (unpaired) electrons. The van der Waals surface area contributed by atoms with Gasteiger partial charge < -0.3 is 5.73 Å². The predicted octanol–water partition coefficient (Wildman–Crippen LogP) is 1.73. The lowest BCUT2D eigenvalue weighted by Gasteiger charge is -1.90. The van der Waals surface area contributed by atoms with Gasteiger partial charge in [-0.2, -0.15) is 0 Å². The quantitative estimate of drug-likeness (QED) is 0.528. The summed E-state index contributed by atoms with van der Waals surface area (Å²) in [5.74, 6) is 0. The van der Waals surface area contributed by atoms with Crippen molar-refractivity contribution in [1.29, 1.82) is 0 Å². The summed E-state index contributed by atoms with van der Waals surface area (Å²) in [5.41, 5.74) is 6.78. The van der Waals surface area contributed by atoms with E-state index in [-0.39, 0.29) is 5.37 Å². The Bertz CT molecular complexity index is 296. The third-order valence-corrected chi connectivity index (χ3v) is 2.55. The SMILES string of the molecule is NC1CN=[N+](c2ccccc2)S1. The molecule has 1 aliphatic heterocycles. The van der Waals surface area contributed by atoms with Crippen molar-refractivity contribution >= 4 is 17.6 Å². The van der Waals surface area contributed by atoms with E-state index in [9.17, 15) is 0 Å². The van der Waals surface area contributed by atoms with Crippen molar-refractivity contribution in [3.05, 3.63) is 30.3 Å². The van der Waals surface area contributed by atoms with Crippen LogP contribution >= 0.6 is 11.9 Å². The van der Waals surface area contributed by atoms with Gasteiger partial charge in [0.2, 0.25) is 17.6 Å². The lowest BCUT2D eigenvalue weighted by Crippen LogP contribution is -2.15. The third kappa shape index (κ3) is 1.49. The van der Waals surface area contributed by atoms with Gasteiger partial charge in [0.1, 0.15) is 11.9 Å². The van der Waals surface area contributed by atoms with Crippen LogP contribution in [0.2, 0.25) is 0 Å². The molecule has 1 heterocycles. The monoisotopic (exact) mass is 180 g/mol. The first-order chi connectivity index (χ1) is 5.86. The van der Waals surface area contributed by atoms with Crippen LogP contribution in [0.3, 0.4) is 0 Å². The average Bonchev–Trinajstić information content (AvgIpc) is 2.54. The molecule has 0 aromatic heterocycles. The lowest BCUT2D eigenvalue weighted by molar-refractivity contribution is -0.322. The molecule has 0 saturated heterocycles. The van der Waals surface area contributed by atoms with Crippen LogP contribution < -0.4 is 5.73 Å². The van der Waals surface area contributed by atoms with Crippen LogP contribution in [-0.4, -0.2) is 16.0 Å². The molecule has 1 unspecified atom stereocenters. The van der Waals surface area contributed by atoms with Crippen LogP contribution in [-0.2, 0) is 0 Å². The summed E-state index contributed by atoms with van der Waals surface area (Å²) in [5, 5.41) is 4.37. The van der Waals surface area contributed by atoms with Crippen molar-refractivity contribution in [3.63, 3.8) is 0 Å². The van der Waals surface area contributed by atoms with Crippen molar-refractivity contribution in [2.45, 2.75) is 5.37 Å². The Hall–Kier alpha value is -0.870. The molecule has 2 rings (SSSR count). The topological polar surface area (TPSA) is 41.4 Å². The van der Waals surface area contributed by atoms with E-state index in [1.807, 2.05) is 34.4 Å². The zero-order valence-electron chi connectivity index (χ0n) is 6.55. The first kappa shape index (κ1) is 7.76. The molecule has 2 N–H and O–H groups in total. The number of nitrogens with zero attached hydrogens (tertiary/aromatic N) is 2. The molecule has 3 nitrogen and oxygen atoms in total. The molecule has 0 saturated carbocycles. The van der Waals surface area contributed by atoms with Crippen LogP contribution in [0.4, 0.5) is 5.69 Å². The molecule has 1 aromatic carbocycles. The van der Waals surface area contributed by atoms with E-state index in [4.69, 9.17) is 5.73 Å². The Balaban J connectivity index is 2.22. The molecule has 62 valence electrons. The van der Waals surface area contributed by atoms with Crippen LogP contribution in [0, 0.1) is 0 Å². The van der Waals surface area contributed by atoms with Gasteiger partial charge in [0.15, 0.2) is 0 Å². The maximum absolute atomic E-state index is 5.69. The van der Waals surface area contributed by atoms with E-state index in [1.54, 1.807) is 11.9 Å². The maximum Gasteiger partial charge on any atom is 0.246 e. The van der Waals surface area contributed by atoms with Crippen molar-refractivity contribution in [2.24, 2.45) is 10.8 Å². The van der Waals surface area contributed by atoms with Crippen molar-refractivity contribution in [3.8, 4) is 0 Å². The van der Waals surface area contributed by atoms with Crippen molar-refractivity contribution in [1.82, 2.24) is 0 Å². The Kier molecular flexibility index (Phi) is 2.10. The number of nitrogens with two attached hydrogens (primary N) is 1. The van der Waals surface area contributed by atoms with Gasteiger partial charge in [0.25, 0.3) is 0 Å². The maximum atomic E-state index is 5.69. The van der Waals surface area contributed by atoms with E-state index in [2.05, 4.69) is 5.11 Å². The number of hydrogen-bond acceptors (Lipinski definition) is 3. The minimum Gasteiger partial charge on any atom is -0.312 e. The van der Waals surface area contributed by atoms with E-state index in [0.717, 1.165) is 5.69 Å². The highest BCUT2D eigenvalue weighted by Gasteiger charge is 2.26. The largest absolute Gasteiger partial charge is 0.312 e. The fourth-order valence-electron chi connectivity index (χ4n) is 1.05. The minimum absolute atomic E-state index is 0.116. The number of hydrogen-bond donors (Lipinski definition) is 1. The summed E-state index contributed by atoms with van der Waals surface area (Å²) in [6, 6.07) is 10.0. The first-order valence-electron chi connectivity index (χ1n) is 3.81. The van der Waals surface area contributed by atoms with Crippen LogP contribution in [0.15, 0.2) is 35.4 Å². The van der Waals surface area contributed by atoms with Crippen LogP contribution in [0.5, 0.6) is 0 Å². The summed E-state index contributed by atoms with van der Waals surface area (Å²) in [6.07, 6.45) is 0. The lowest BCUT2D eigenvalue weighted by atomic mass is 10.3. The summed E-state index contributed by atoms with van der Waals surface area (Å²) >= 11 is 1.56. The zero-order chi connectivity index (χ0) is 8.39. The first-order valence-corrected chi connectivity index (χ1v) is 4.65. The van der Waals surface area contributed by atoms with E-state index in [1.165, 1.54) is 0 Å². The molecule has 12 heavy (non-hydrogen) atoms. The highest BCUT2D eigenvalue weighted by Crippen LogP contribution is 2.25. The summed E-state index contributed by atoms with van der Waals surface area (Å²) in [4.78, 5) is 0. The van der Waals surface area contributed by atoms with Gasteiger partial charge in [-0.3, -0.25) is 0 Å². The smallest absolute Gasteiger partial charge is 0.246 e. The molecular formula is C8H10N3S+. The predicted molar refractivity (Wildman–Crippen MR) is 49.2 cm³/mol. The average molecular weight is 180 g/mol. The van der Waals surface area contributed by atoms with Crippen molar-refractivity contribution in [2.75, 3.05) is 6.54 Å². The number of azo groups is 1. The molecule has 1 aromatic rings. The fraction of sp³-hybridized carbons (Fsp3) is 0.250. The highest BCUT2D eigenvalue weighted by molar-refractivity contribution is 7.94. The normalized spacial score (nSPS) is 22.4. The molecule has 0 aliphatic carbocycles. The Morgan fingerprint density at radius 2 is 2.17 bits per heavy atom. The molecule has 0 spiro atoms. The summed E-state index contributed by atoms with van der Waals surface area (Å²) in [6.45, 7) is 0.708. The standard InChI is InChI=1S/C8H10N3S/c9-8-6-10-11(12-8)7-4-2-1-3-5-7/h1-5,8H,6,9H2/q+1. The van der Waals surface area contributed by atoms with Gasteiger partial charge in [-0.05, 0) is 9.22 Å². The summed E-state index contributed by atoms with van der Waals surface area (Å²) < 4.78 is 1.88. The van der Waals surface area contributed by atoms with Crippen LogP contribution in [0.25, 0.3) is 0 Å². The molecule has 0 amide bonds. The van der Waals surface area contributed by atoms with Gasteiger partial charge in [-0.25, -0.2) is 0 Å². The van der Waals surface area contributed by atoms with Gasteiger partial charge in [-0.15, -0.1) is 0 Å². The van der Waals surface area contributed by atoms with E-state index < -0.39 is 0 Å². The summed E-state index contributed by atoms with van der Waals surface area (Å²) in [7, 11) is 0. The Morgan fingerprint density at radius 3 is 2.75 bits per heavy atom. The zero-order valence-corrected chi connectivity index (χ0v) is 7.37. The fourth-order valence-corrected chi connectivity index (χ4v) is 1.81. The number of benzene rings is 1. The molecule has 0 fully saturated rings. The van der Waals surface area contributed by atoms with Crippen molar-refractivity contribution < 1.29 is 4.10 Å².